The second-order valence-electron chi connectivity index (χ2n) is 6.42. The fraction of sp³-hybridized carbons (Fsp3) is 0.389. The topological polar surface area (TPSA) is 74.8 Å². The number of carbonyl (C=O) groups is 2. The van der Waals surface area contributed by atoms with Gasteiger partial charge in [-0.25, -0.2) is 8.42 Å². The average molecular weight is 425 g/mol. The van der Waals surface area contributed by atoms with Crippen LogP contribution in [-0.2, 0) is 19.4 Å². The summed E-state index contributed by atoms with van der Waals surface area (Å²) in [5.41, 5.74) is 0.885. The molecule has 2 aliphatic heterocycles. The SMILES string of the molecule is CCN(C(=O)CN1C(=O)C(=Cc2ccccc2)SC1=S)C1CCS(=O)(=O)C1. The molecule has 2 aliphatic rings. The van der Waals surface area contributed by atoms with Crippen LogP contribution < -0.4 is 0 Å². The second-order valence-corrected chi connectivity index (χ2v) is 10.3. The predicted molar refractivity (Wildman–Crippen MR) is 111 cm³/mol. The van der Waals surface area contributed by atoms with Crippen molar-refractivity contribution in [2.45, 2.75) is 19.4 Å². The molecule has 1 aromatic rings. The minimum Gasteiger partial charge on any atom is -0.337 e. The van der Waals surface area contributed by atoms with Gasteiger partial charge >= 0.3 is 0 Å². The molecule has 1 unspecified atom stereocenters. The Balaban J connectivity index is 1.71. The van der Waals surface area contributed by atoms with Crippen molar-refractivity contribution in [2.24, 2.45) is 0 Å². The van der Waals surface area contributed by atoms with Gasteiger partial charge in [0.25, 0.3) is 5.91 Å². The van der Waals surface area contributed by atoms with Crippen LogP contribution in [0.2, 0.25) is 0 Å². The van der Waals surface area contributed by atoms with Crippen LogP contribution in [0.25, 0.3) is 6.08 Å². The molecule has 2 heterocycles. The fourth-order valence-corrected chi connectivity index (χ4v) is 6.21. The molecule has 0 spiro atoms. The molecule has 2 saturated heterocycles. The van der Waals surface area contributed by atoms with Gasteiger partial charge in [-0.15, -0.1) is 0 Å². The Morgan fingerprint density at radius 1 is 1.37 bits per heavy atom. The summed E-state index contributed by atoms with van der Waals surface area (Å²) in [4.78, 5) is 28.7. The van der Waals surface area contributed by atoms with Gasteiger partial charge in [-0.05, 0) is 25.0 Å². The first-order chi connectivity index (χ1) is 12.8. The molecular weight excluding hydrogens is 404 g/mol. The van der Waals surface area contributed by atoms with Gasteiger partial charge in [-0.2, -0.15) is 0 Å². The fourth-order valence-electron chi connectivity index (χ4n) is 3.22. The van der Waals surface area contributed by atoms with E-state index in [0.717, 1.165) is 5.56 Å². The zero-order valence-electron chi connectivity index (χ0n) is 14.8. The standard InChI is InChI=1S/C18H20N2O4S3/c1-2-19(14-8-9-27(23,24)12-14)16(21)11-20-17(22)15(26-18(20)25)10-13-6-4-3-5-7-13/h3-7,10,14H,2,8-9,11-12H2,1H3. The molecule has 0 saturated carbocycles. The third-order valence-corrected chi connectivity index (χ3v) is 7.70. The van der Waals surface area contributed by atoms with Crippen LogP contribution in [-0.4, -0.2) is 65.0 Å². The molecule has 3 rings (SSSR count). The summed E-state index contributed by atoms with van der Waals surface area (Å²) in [5, 5.41) is 0. The summed E-state index contributed by atoms with van der Waals surface area (Å²) >= 11 is 6.46. The Morgan fingerprint density at radius 3 is 2.67 bits per heavy atom. The van der Waals surface area contributed by atoms with Gasteiger partial charge in [0, 0.05) is 12.6 Å². The van der Waals surface area contributed by atoms with E-state index in [4.69, 9.17) is 12.2 Å². The highest BCUT2D eigenvalue weighted by molar-refractivity contribution is 8.26. The summed E-state index contributed by atoms with van der Waals surface area (Å²) in [7, 11) is -3.09. The minimum absolute atomic E-state index is 0.0150. The van der Waals surface area contributed by atoms with Crippen molar-refractivity contribution in [3.8, 4) is 0 Å². The predicted octanol–water partition coefficient (Wildman–Crippen LogP) is 1.92. The lowest BCUT2D eigenvalue weighted by atomic mass is 10.2. The van der Waals surface area contributed by atoms with Crippen LogP contribution >= 0.6 is 24.0 Å². The summed E-state index contributed by atoms with van der Waals surface area (Å²) in [6.45, 7) is 2.04. The van der Waals surface area contributed by atoms with Gasteiger partial charge in [-0.1, -0.05) is 54.3 Å². The largest absolute Gasteiger partial charge is 0.337 e. The van der Waals surface area contributed by atoms with Gasteiger partial charge in [0.1, 0.15) is 10.9 Å². The van der Waals surface area contributed by atoms with Gasteiger partial charge in [0.2, 0.25) is 5.91 Å². The van der Waals surface area contributed by atoms with E-state index in [2.05, 4.69) is 0 Å². The maximum absolute atomic E-state index is 12.7. The quantitative estimate of drug-likeness (QED) is 0.531. The number of nitrogens with zero attached hydrogens (tertiary/aromatic N) is 2. The number of thiocarbonyl (C=S) groups is 1. The first-order valence-corrected chi connectivity index (χ1v) is 11.7. The molecule has 0 aromatic heterocycles. The summed E-state index contributed by atoms with van der Waals surface area (Å²) in [6.07, 6.45) is 2.19. The molecule has 9 heteroatoms. The summed E-state index contributed by atoms with van der Waals surface area (Å²) in [5.74, 6) is -0.490. The van der Waals surface area contributed by atoms with E-state index in [9.17, 15) is 18.0 Å². The molecule has 1 aromatic carbocycles. The van der Waals surface area contributed by atoms with Gasteiger partial charge < -0.3 is 4.90 Å². The van der Waals surface area contributed by atoms with Crippen LogP contribution in [0.15, 0.2) is 35.2 Å². The molecule has 27 heavy (non-hydrogen) atoms. The maximum atomic E-state index is 12.7. The van der Waals surface area contributed by atoms with Gasteiger partial charge in [-0.3, -0.25) is 14.5 Å². The van der Waals surface area contributed by atoms with Gasteiger partial charge in [0.05, 0.1) is 16.4 Å². The van der Waals surface area contributed by atoms with E-state index in [1.165, 1.54) is 16.7 Å². The smallest absolute Gasteiger partial charge is 0.266 e. The Hall–Kier alpha value is -1.71. The first-order valence-electron chi connectivity index (χ1n) is 8.61. The maximum Gasteiger partial charge on any atom is 0.266 e. The normalized spacial score (nSPS) is 23.2. The lowest BCUT2D eigenvalue weighted by Gasteiger charge is -2.28. The summed E-state index contributed by atoms with van der Waals surface area (Å²) in [6, 6.07) is 9.10. The average Bonchev–Trinajstić information content (AvgIpc) is 3.10. The van der Waals surface area contributed by atoms with Crippen LogP contribution in [0.5, 0.6) is 0 Å². The lowest BCUT2D eigenvalue weighted by Crippen LogP contribution is -2.47. The van der Waals surface area contributed by atoms with Crippen molar-refractivity contribution >= 4 is 56.0 Å². The van der Waals surface area contributed by atoms with Crippen molar-refractivity contribution in [1.29, 1.82) is 0 Å². The number of benzene rings is 1. The van der Waals surface area contributed by atoms with Crippen molar-refractivity contribution in [3.63, 3.8) is 0 Å². The summed E-state index contributed by atoms with van der Waals surface area (Å²) < 4.78 is 23.8. The number of sulfone groups is 1. The van der Waals surface area contributed by atoms with E-state index < -0.39 is 9.84 Å². The van der Waals surface area contributed by atoms with Crippen molar-refractivity contribution < 1.29 is 18.0 Å². The zero-order chi connectivity index (χ0) is 19.6. The molecular formula is C18H20N2O4S3. The Labute approximate surface area is 168 Å². The minimum atomic E-state index is -3.09. The third-order valence-electron chi connectivity index (χ3n) is 4.57. The molecule has 144 valence electrons. The van der Waals surface area contributed by atoms with E-state index in [-0.39, 0.29) is 35.9 Å². The molecule has 0 radical (unpaired) electrons. The molecule has 2 amide bonds. The van der Waals surface area contributed by atoms with Crippen LogP contribution in [0.3, 0.4) is 0 Å². The van der Waals surface area contributed by atoms with E-state index in [1.54, 1.807) is 11.0 Å². The highest BCUT2D eigenvalue weighted by Gasteiger charge is 2.38. The number of hydrogen-bond acceptors (Lipinski definition) is 6. The Morgan fingerprint density at radius 2 is 2.07 bits per heavy atom. The molecule has 6 nitrogen and oxygen atoms in total. The number of amides is 2. The monoisotopic (exact) mass is 424 g/mol. The molecule has 1 atom stereocenters. The Bertz CT molecular complexity index is 896. The second kappa shape index (κ2) is 8.12. The highest BCUT2D eigenvalue weighted by Crippen LogP contribution is 2.32. The molecule has 0 bridgehead atoms. The van der Waals surface area contributed by atoms with Crippen LogP contribution in [0, 0.1) is 0 Å². The number of carbonyl (C=O) groups excluding carboxylic acids is 2. The van der Waals surface area contributed by atoms with E-state index >= 15 is 0 Å². The van der Waals surface area contributed by atoms with Crippen LogP contribution in [0.4, 0.5) is 0 Å². The van der Waals surface area contributed by atoms with Crippen molar-refractivity contribution in [1.82, 2.24) is 9.80 Å². The van der Waals surface area contributed by atoms with Crippen LogP contribution in [0.1, 0.15) is 18.9 Å². The Kier molecular flexibility index (Phi) is 6.02. The van der Waals surface area contributed by atoms with Gasteiger partial charge in [0.15, 0.2) is 9.84 Å². The first kappa shape index (κ1) is 20.0. The molecule has 2 fully saturated rings. The third kappa shape index (κ3) is 4.59. The zero-order valence-corrected chi connectivity index (χ0v) is 17.3. The van der Waals surface area contributed by atoms with Crippen molar-refractivity contribution in [3.05, 3.63) is 40.8 Å². The molecule has 0 aliphatic carbocycles. The highest BCUT2D eigenvalue weighted by atomic mass is 32.2. The number of rotatable bonds is 5. The lowest BCUT2D eigenvalue weighted by molar-refractivity contribution is -0.136. The molecule has 0 N–H and O–H groups in total. The number of hydrogen-bond donors (Lipinski definition) is 0. The van der Waals surface area contributed by atoms with E-state index in [0.29, 0.717) is 22.2 Å². The van der Waals surface area contributed by atoms with E-state index in [1.807, 2.05) is 37.3 Å². The number of thioether (sulfide) groups is 1. The van der Waals surface area contributed by atoms with Crippen molar-refractivity contribution in [2.75, 3.05) is 24.6 Å². The number of likely N-dealkylation sites (N-methyl/N-ethyl adjacent to an activating group) is 1.